The molecule has 0 aliphatic rings. The third kappa shape index (κ3) is 4.98. The third-order valence-corrected chi connectivity index (χ3v) is 2.75. The Hall–Kier alpha value is -1.93. The zero-order valence-corrected chi connectivity index (χ0v) is 12.3. The third-order valence-electron chi connectivity index (χ3n) is 2.75. The van der Waals surface area contributed by atoms with Crippen LogP contribution in [0.4, 0.5) is 10.1 Å². The van der Waals surface area contributed by atoms with Crippen molar-refractivity contribution in [3.05, 3.63) is 29.1 Å². The first-order valence-corrected chi connectivity index (χ1v) is 6.48. The molecule has 1 aromatic carbocycles. The van der Waals surface area contributed by atoms with E-state index >= 15 is 0 Å². The Morgan fingerprint density at radius 3 is 2.60 bits per heavy atom. The number of carbonyl (C=O) groups excluding carboxylic acids is 1. The van der Waals surface area contributed by atoms with Crippen molar-refractivity contribution in [2.24, 2.45) is 0 Å². The minimum absolute atomic E-state index is 0.0525. The number of benzene rings is 1. The molecule has 0 atom stereocenters. The molecule has 0 saturated heterocycles. The zero-order valence-electron chi connectivity index (χ0n) is 12.3. The van der Waals surface area contributed by atoms with Gasteiger partial charge in [0.05, 0.1) is 11.6 Å². The summed E-state index contributed by atoms with van der Waals surface area (Å²) >= 11 is 0. The van der Waals surface area contributed by atoms with Crippen molar-refractivity contribution in [1.29, 1.82) is 5.26 Å². The summed E-state index contributed by atoms with van der Waals surface area (Å²) in [6.45, 7) is 8.15. The number of amides is 1. The smallest absolute Gasteiger partial charge is 0.225 e. The summed E-state index contributed by atoms with van der Waals surface area (Å²) < 4.78 is 13.6. The Bertz CT molecular complexity index is 541. The van der Waals surface area contributed by atoms with Gasteiger partial charge in [0.15, 0.2) is 0 Å². The van der Waals surface area contributed by atoms with E-state index in [0.717, 1.165) is 6.07 Å². The van der Waals surface area contributed by atoms with Crippen LogP contribution < -0.4 is 10.6 Å². The SMILES string of the molecule is Cc1c(F)cc(C#N)cc1NC(=O)CCNC(C)(C)C. The monoisotopic (exact) mass is 277 g/mol. The molecule has 0 aromatic heterocycles. The van der Waals surface area contributed by atoms with Crippen LogP contribution >= 0.6 is 0 Å². The van der Waals surface area contributed by atoms with Crippen LogP contribution in [-0.2, 0) is 4.79 Å². The molecule has 2 N–H and O–H groups in total. The topological polar surface area (TPSA) is 64.9 Å². The molecule has 0 bridgehead atoms. The Morgan fingerprint density at radius 2 is 2.05 bits per heavy atom. The number of nitrogens with zero attached hydrogens (tertiary/aromatic N) is 1. The number of halogens is 1. The van der Waals surface area contributed by atoms with Gasteiger partial charge in [0.2, 0.25) is 5.91 Å². The highest BCUT2D eigenvalue weighted by Crippen LogP contribution is 2.20. The molecule has 0 aliphatic heterocycles. The van der Waals surface area contributed by atoms with E-state index < -0.39 is 5.82 Å². The van der Waals surface area contributed by atoms with Crippen LogP contribution in [0.5, 0.6) is 0 Å². The minimum atomic E-state index is -0.493. The van der Waals surface area contributed by atoms with Crippen LogP contribution in [0.3, 0.4) is 0 Å². The number of hydrogen-bond donors (Lipinski definition) is 2. The number of nitrogens with one attached hydrogen (secondary N) is 2. The number of nitriles is 1. The van der Waals surface area contributed by atoms with Crippen molar-refractivity contribution in [2.45, 2.75) is 39.7 Å². The first-order valence-electron chi connectivity index (χ1n) is 6.48. The first kappa shape index (κ1) is 16.1. The van der Waals surface area contributed by atoms with Crippen molar-refractivity contribution < 1.29 is 9.18 Å². The van der Waals surface area contributed by atoms with Gasteiger partial charge in [-0.05, 0) is 39.8 Å². The second-order valence-corrected chi connectivity index (χ2v) is 5.72. The van der Waals surface area contributed by atoms with Gasteiger partial charge < -0.3 is 10.6 Å². The van der Waals surface area contributed by atoms with Gasteiger partial charge in [-0.2, -0.15) is 5.26 Å². The molecule has 1 rings (SSSR count). The highest BCUT2D eigenvalue weighted by molar-refractivity contribution is 5.91. The predicted octanol–water partition coefficient (Wildman–Crippen LogP) is 2.72. The molecule has 0 fully saturated rings. The van der Waals surface area contributed by atoms with Crippen LogP contribution in [-0.4, -0.2) is 18.0 Å². The fourth-order valence-corrected chi connectivity index (χ4v) is 1.64. The standard InChI is InChI=1S/C15H20FN3O/c1-10-12(16)7-11(9-17)8-13(10)19-14(20)5-6-18-15(2,3)4/h7-8,18H,5-6H2,1-4H3,(H,19,20). The number of carbonyl (C=O) groups is 1. The lowest BCUT2D eigenvalue weighted by atomic mass is 10.1. The van der Waals surface area contributed by atoms with Crippen molar-refractivity contribution in [1.82, 2.24) is 5.32 Å². The Balaban J connectivity index is 2.67. The molecular weight excluding hydrogens is 257 g/mol. The van der Waals surface area contributed by atoms with Gasteiger partial charge in [-0.1, -0.05) is 0 Å². The number of hydrogen-bond acceptors (Lipinski definition) is 3. The molecule has 4 nitrogen and oxygen atoms in total. The lowest BCUT2D eigenvalue weighted by Crippen LogP contribution is -2.37. The maximum Gasteiger partial charge on any atom is 0.225 e. The molecular formula is C15H20FN3O. The van der Waals surface area contributed by atoms with Crippen LogP contribution in [0, 0.1) is 24.1 Å². The molecule has 0 spiro atoms. The summed E-state index contributed by atoms with van der Waals surface area (Å²) in [4.78, 5) is 11.8. The van der Waals surface area contributed by atoms with Gasteiger partial charge >= 0.3 is 0 Å². The normalized spacial score (nSPS) is 11.0. The second kappa shape index (κ2) is 6.49. The molecule has 0 saturated carbocycles. The molecule has 0 aliphatic carbocycles. The summed E-state index contributed by atoms with van der Waals surface area (Å²) in [6.07, 6.45) is 0.287. The fraction of sp³-hybridized carbons (Fsp3) is 0.467. The van der Waals surface area contributed by atoms with Gasteiger partial charge in [0.25, 0.3) is 0 Å². The van der Waals surface area contributed by atoms with E-state index in [4.69, 9.17) is 5.26 Å². The van der Waals surface area contributed by atoms with E-state index in [0.29, 0.717) is 17.8 Å². The van der Waals surface area contributed by atoms with E-state index in [9.17, 15) is 9.18 Å². The summed E-state index contributed by atoms with van der Waals surface area (Å²) in [5, 5.41) is 14.6. The van der Waals surface area contributed by atoms with E-state index in [-0.39, 0.29) is 23.4 Å². The van der Waals surface area contributed by atoms with E-state index in [1.165, 1.54) is 6.07 Å². The number of anilines is 1. The molecule has 5 heteroatoms. The van der Waals surface area contributed by atoms with Gasteiger partial charge in [-0.3, -0.25) is 4.79 Å². The van der Waals surface area contributed by atoms with E-state index in [1.807, 2.05) is 26.8 Å². The molecule has 20 heavy (non-hydrogen) atoms. The van der Waals surface area contributed by atoms with Gasteiger partial charge in [-0.25, -0.2) is 4.39 Å². The van der Waals surface area contributed by atoms with Crippen LogP contribution in [0.2, 0.25) is 0 Å². The van der Waals surface area contributed by atoms with Gasteiger partial charge in [0, 0.05) is 29.8 Å². The Morgan fingerprint density at radius 1 is 1.40 bits per heavy atom. The maximum atomic E-state index is 13.6. The molecule has 1 amide bonds. The highest BCUT2D eigenvalue weighted by atomic mass is 19.1. The summed E-state index contributed by atoms with van der Waals surface area (Å²) in [7, 11) is 0. The molecule has 0 heterocycles. The van der Waals surface area contributed by atoms with Crippen molar-refractivity contribution in [3.8, 4) is 6.07 Å². The van der Waals surface area contributed by atoms with Crippen LogP contribution in [0.25, 0.3) is 0 Å². The van der Waals surface area contributed by atoms with Crippen LogP contribution in [0.15, 0.2) is 12.1 Å². The predicted molar refractivity (Wildman–Crippen MR) is 76.9 cm³/mol. The van der Waals surface area contributed by atoms with Crippen molar-refractivity contribution in [3.63, 3.8) is 0 Å². The summed E-state index contributed by atoms with van der Waals surface area (Å²) in [6, 6.07) is 4.51. The molecule has 1 aromatic rings. The molecule has 108 valence electrons. The average molecular weight is 277 g/mol. The van der Waals surface area contributed by atoms with Gasteiger partial charge in [-0.15, -0.1) is 0 Å². The van der Waals surface area contributed by atoms with E-state index in [1.54, 1.807) is 6.92 Å². The van der Waals surface area contributed by atoms with Crippen LogP contribution in [0.1, 0.15) is 38.3 Å². The Labute approximate surface area is 119 Å². The quantitative estimate of drug-likeness (QED) is 0.889. The molecule has 0 radical (unpaired) electrons. The summed E-state index contributed by atoms with van der Waals surface area (Å²) in [5.41, 5.74) is 0.822. The number of rotatable bonds is 4. The highest BCUT2D eigenvalue weighted by Gasteiger charge is 2.12. The average Bonchev–Trinajstić information content (AvgIpc) is 2.33. The minimum Gasteiger partial charge on any atom is -0.326 e. The second-order valence-electron chi connectivity index (χ2n) is 5.72. The van der Waals surface area contributed by atoms with Crippen molar-refractivity contribution in [2.75, 3.05) is 11.9 Å². The maximum absolute atomic E-state index is 13.6. The summed E-state index contributed by atoms with van der Waals surface area (Å²) in [5.74, 6) is -0.702. The van der Waals surface area contributed by atoms with Gasteiger partial charge in [0.1, 0.15) is 5.82 Å². The molecule has 0 unspecified atom stereocenters. The largest absolute Gasteiger partial charge is 0.326 e. The lowest BCUT2D eigenvalue weighted by molar-refractivity contribution is -0.116. The van der Waals surface area contributed by atoms with E-state index in [2.05, 4.69) is 10.6 Å². The fourth-order valence-electron chi connectivity index (χ4n) is 1.64. The zero-order chi connectivity index (χ0) is 15.3. The van der Waals surface area contributed by atoms with Crippen molar-refractivity contribution >= 4 is 11.6 Å². The Kier molecular flexibility index (Phi) is 5.23. The lowest BCUT2D eigenvalue weighted by Gasteiger charge is -2.20. The first-order chi connectivity index (χ1) is 9.23.